The van der Waals surface area contributed by atoms with Crippen molar-refractivity contribution in [3.8, 4) is 5.75 Å². The van der Waals surface area contributed by atoms with E-state index in [-0.39, 0.29) is 18.2 Å². The number of carbonyl (C=O) groups excluding carboxylic acids is 3. The van der Waals surface area contributed by atoms with E-state index in [4.69, 9.17) is 21.7 Å². The Morgan fingerprint density at radius 2 is 1.60 bits per heavy atom. The van der Waals surface area contributed by atoms with Crippen LogP contribution >= 0.6 is 12.2 Å². The largest absolute Gasteiger partial charge is 0.497 e. The molecule has 1 N–H and O–H groups in total. The molecule has 2 aliphatic heterocycles. The van der Waals surface area contributed by atoms with Gasteiger partial charge in [0.15, 0.2) is 5.11 Å². The first-order valence-corrected chi connectivity index (χ1v) is 15.8. The number of amides is 2. The molecule has 5 rings (SSSR count). The molecule has 0 bridgehead atoms. The Kier molecular flexibility index (Phi) is 10.8. The molecule has 0 aromatic heterocycles. The summed E-state index contributed by atoms with van der Waals surface area (Å²) in [5, 5.41) is 3.25. The first kappa shape index (κ1) is 32.1. The van der Waals surface area contributed by atoms with Gasteiger partial charge in [0.05, 0.1) is 31.9 Å². The number of anilines is 2. The maximum absolute atomic E-state index is 13.8. The number of piperidine rings is 1. The second kappa shape index (κ2) is 15.1. The predicted molar refractivity (Wildman–Crippen MR) is 179 cm³/mol. The zero-order chi connectivity index (χ0) is 31.8. The minimum atomic E-state index is -0.731. The number of benzene rings is 3. The highest BCUT2D eigenvalue weighted by Gasteiger charge is 2.44. The molecule has 0 spiro atoms. The van der Waals surface area contributed by atoms with E-state index in [9.17, 15) is 14.4 Å². The van der Waals surface area contributed by atoms with Gasteiger partial charge in [0, 0.05) is 12.2 Å². The molecule has 3 aromatic rings. The number of rotatable bonds is 12. The summed E-state index contributed by atoms with van der Waals surface area (Å²) in [5.74, 6) is 0.371. The number of hydrogen-bond donors (Lipinski definition) is 1. The molecule has 2 aliphatic rings. The Morgan fingerprint density at radius 1 is 0.911 bits per heavy atom. The fourth-order valence-electron chi connectivity index (χ4n) is 6.08. The lowest BCUT2D eigenvalue weighted by atomic mass is 9.90. The van der Waals surface area contributed by atoms with Crippen LogP contribution in [0.15, 0.2) is 78.9 Å². The first-order valence-electron chi connectivity index (χ1n) is 15.4. The van der Waals surface area contributed by atoms with Crippen LogP contribution in [0.2, 0.25) is 0 Å². The van der Waals surface area contributed by atoms with E-state index >= 15 is 0 Å². The van der Waals surface area contributed by atoms with Gasteiger partial charge in [0.1, 0.15) is 11.8 Å². The van der Waals surface area contributed by atoms with E-state index in [0.29, 0.717) is 40.3 Å². The van der Waals surface area contributed by atoms with Crippen LogP contribution in [0.3, 0.4) is 0 Å². The smallest absolute Gasteiger partial charge is 0.337 e. The summed E-state index contributed by atoms with van der Waals surface area (Å²) < 4.78 is 10.0. The highest BCUT2D eigenvalue weighted by Crippen LogP contribution is 2.29. The summed E-state index contributed by atoms with van der Waals surface area (Å²) in [7, 11) is 2.91. The van der Waals surface area contributed by atoms with Crippen LogP contribution in [0.25, 0.3) is 0 Å². The van der Waals surface area contributed by atoms with E-state index in [0.717, 1.165) is 32.5 Å². The topological polar surface area (TPSA) is 91.4 Å². The average Bonchev–Trinajstić information content (AvgIpc) is 3.29. The fraction of sp³-hybridized carbons (Fsp3) is 0.371. The van der Waals surface area contributed by atoms with Crippen molar-refractivity contribution in [2.75, 3.05) is 50.6 Å². The van der Waals surface area contributed by atoms with Crippen LogP contribution < -0.4 is 15.0 Å². The number of nitrogens with one attached hydrogen (secondary N) is 1. The molecule has 2 heterocycles. The van der Waals surface area contributed by atoms with Crippen molar-refractivity contribution in [2.45, 2.75) is 38.1 Å². The molecule has 2 amide bonds. The summed E-state index contributed by atoms with van der Waals surface area (Å²) in [6.07, 6.45) is 4.23. The van der Waals surface area contributed by atoms with Gasteiger partial charge in [-0.2, -0.15) is 0 Å². The van der Waals surface area contributed by atoms with Crippen LogP contribution in [-0.4, -0.2) is 79.1 Å². The molecule has 0 saturated carbocycles. The highest BCUT2D eigenvalue weighted by atomic mass is 32.1. The normalized spacial score (nSPS) is 17.4. The Bertz CT molecular complexity index is 1470. The number of esters is 1. The van der Waals surface area contributed by atoms with Crippen molar-refractivity contribution in [2.24, 2.45) is 5.92 Å². The molecule has 0 radical (unpaired) electrons. The van der Waals surface area contributed by atoms with Gasteiger partial charge >= 0.3 is 5.97 Å². The van der Waals surface area contributed by atoms with Crippen molar-refractivity contribution in [3.05, 3.63) is 90.0 Å². The quantitative estimate of drug-likeness (QED) is 0.217. The standard InChI is InChI=1S/C35H40N4O5S/c1-43-30-15-13-29(14-16-30)39-33(41)31(24-32(40)36-28-11-9-27(10-12-28)34(42)44-2)38(35(39)45)20-6-19-37-21-17-26(18-22-37)23-25-7-4-3-5-8-25/h3-5,7-16,26,31H,6,17-24H2,1-2H3,(H,36,40). The Labute approximate surface area is 270 Å². The van der Waals surface area contributed by atoms with E-state index in [1.54, 1.807) is 55.6 Å². The Morgan fingerprint density at radius 3 is 2.24 bits per heavy atom. The molecule has 10 heteroatoms. The van der Waals surface area contributed by atoms with Crippen LogP contribution in [-0.2, 0) is 20.7 Å². The van der Waals surface area contributed by atoms with Gasteiger partial charge in [-0.05, 0) is 118 Å². The van der Waals surface area contributed by atoms with Crippen LogP contribution in [0.4, 0.5) is 11.4 Å². The van der Waals surface area contributed by atoms with E-state index in [1.807, 2.05) is 4.90 Å². The lowest BCUT2D eigenvalue weighted by molar-refractivity contribution is -0.124. The molecule has 2 fully saturated rings. The second-order valence-corrected chi connectivity index (χ2v) is 11.9. The minimum absolute atomic E-state index is 0.0603. The lowest BCUT2D eigenvalue weighted by Gasteiger charge is -2.33. The first-order chi connectivity index (χ1) is 21.9. The van der Waals surface area contributed by atoms with Gasteiger partial charge in [-0.25, -0.2) is 4.79 Å². The van der Waals surface area contributed by atoms with Crippen LogP contribution in [0.1, 0.15) is 41.6 Å². The minimum Gasteiger partial charge on any atom is -0.497 e. The van der Waals surface area contributed by atoms with Gasteiger partial charge in [-0.15, -0.1) is 0 Å². The fourth-order valence-corrected chi connectivity index (χ4v) is 6.49. The van der Waals surface area contributed by atoms with Crippen molar-refractivity contribution in [1.29, 1.82) is 0 Å². The van der Waals surface area contributed by atoms with E-state index < -0.39 is 12.0 Å². The molecule has 2 saturated heterocycles. The van der Waals surface area contributed by atoms with E-state index in [2.05, 4.69) is 40.5 Å². The third-order valence-corrected chi connectivity index (χ3v) is 8.98. The summed E-state index contributed by atoms with van der Waals surface area (Å²) in [6.45, 7) is 3.57. The predicted octanol–water partition coefficient (Wildman–Crippen LogP) is 5.16. The molecule has 1 atom stereocenters. The maximum atomic E-state index is 13.8. The van der Waals surface area contributed by atoms with Crippen molar-refractivity contribution < 1.29 is 23.9 Å². The number of thiocarbonyl (C=S) groups is 1. The van der Waals surface area contributed by atoms with Crippen LogP contribution in [0, 0.1) is 5.92 Å². The number of nitrogens with zero attached hydrogens (tertiary/aromatic N) is 3. The van der Waals surface area contributed by atoms with E-state index in [1.165, 1.54) is 30.4 Å². The molecular weight excluding hydrogens is 588 g/mol. The van der Waals surface area contributed by atoms with Gasteiger partial charge in [-0.3, -0.25) is 14.5 Å². The number of methoxy groups -OCH3 is 2. The SMILES string of the molecule is COC(=O)c1ccc(NC(=O)CC2C(=O)N(c3ccc(OC)cc3)C(=S)N2CCCN2CCC(Cc3ccccc3)CC2)cc1. The number of likely N-dealkylation sites (tertiary alicyclic amines) is 1. The lowest BCUT2D eigenvalue weighted by Crippen LogP contribution is -2.40. The zero-order valence-corrected chi connectivity index (χ0v) is 26.6. The van der Waals surface area contributed by atoms with Gasteiger partial charge in [0.25, 0.3) is 5.91 Å². The zero-order valence-electron chi connectivity index (χ0n) is 25.8. The summed E-state index contributed by atoms with van der Waals surface area (Å²) in [4.78, 5) is 44.6. The number of hydrogen-bond acceptors (Lipinski definition) is 7. The number of ether oxygens (including phenoxy) is 2. The van der Waals surface area contributed by atoms with Gasteiger partial charge in [0.2, 0.25) is 5.91 Å². The van der Waals surface area contributed by atoms with Crippen molar-refractivity contribution in [3.63, 3.8) is 0 Å². The maximum Gasteiger partial charge on any atom is 0.337 e. The van der Waals surface area contributed by atoms with Gasteiger partial charge in [-0.1, -0.05) is 30.3 Å². The summed E-state index contributed by atoms with van der Waals surface area (Å²) >= 11 is 5.85. The highest BCUT2D eigenvalue weighted by molar-refractivity contribution is 7.80. The molecule has 9 nitrogen and oxygen atoms in total. The Hall–Kier alpha value is -4.28. The third-order valence-electron chi connectivity index (χ3n) is 8.57. The summed E-state index contributed by atoms with van der Waals surface area (Å²) in [5.41, 5.74) is 2.94. The van der Waals surface area contributed by atoms with Crippen molar-refractivity contribution in [1.82, 2.24) is 9.80 Å². The number of carbonyl (C=O) groups is 3. The average molecular weight is 629 g/mol. The molecule has 1 unspecified atom stereocenters. The molecule has 236 valence electrons. The molecule has 0 aliphatic carbocycles. The monoisotopic (exact) mass is 628 g/mol. The Balaban J connectivity index is 1.21. The molecule has 45 heavy (non-hydrogen) atoms. The van der Waals surface area contributed by atoms with Gasteiger partial charge < -0.3 is 24.6 Å². The summed E-state index contributed by atoms with van der Waals surface area (Å²) in [6, 6.07) is 23.6. The van der Waals surface area contributed by atoms with Crippen molar-refractivity contribution >= 4 is 46.5 Å². The molecule has 3 aromatic carbocycles. The molecular formula is C35H40N4O5S. The van der Waals surface area contributed by atoms with Crippen LogP contribution in [0.5, 0.6) is 5.75 Å². The third kappa shape index (κ3) is 8.06. The second-order valence-electron chi connectivity index (χ2n) is 11.5.